The fraction of sp³-hybridized carbons (Fsp3) is 0.423. The first-order chi connectivity index (χ1) is 16.2. The molecule has 2 atom stereocenters. The summed E-state index contributed by atoms with van der Waals surface area (Å²) >= 11 is 1.35. The fourth-order valence-electron chi connectivity index (χ4n) is 3.85. The molecule has 0 radical (unpaired) electrons. The molecule has 1 N–H and O–H groups in total. The maximum absolute atomic E-state index is 13.4. The molecule has 0 bridgehead atoms. The number of anilines is 1. The van der Waals surface area contributed by atoms with Gasteiger partial charge in [0.1, 0.15) is 5.82 Å². The van der Waals surface area contributed by atoms with E-state index in [9.17, 15) is 9.18 Å². The van der Waals surface area contributed by atoms with E-state index in [4.69, 9.17) is 4.74 Å². The van der Waals surface area contributed by atoms with Crippen molar-refractivity contribution in [3.05, 3.63) is 59.9 Å². The highest BCUT2D eigenvalue weighted by atomic mass is 32.2. The minimum absolute atomic E-state index is 0.0566. The van der Waals surface area contributed by atoms with E-state index in [1.165, 1.54) is 29.5 Å². The second kappa shape index (κ2) is 10.3. The third-order valence-electron chi connectivity index (χ3n) is 5.90. The van der Waals surface area contributed by atoms with Crippen LogP contribution in [0.1, 0.15) is 46.1 Å². The van der Waals surface area contributed by atoms with E-state index < -0.39 is 5.25 Å². The average molecular weight is 483 g/mol. The van der Waals surface area contributed by atoms with Crippen molar-refractivity contribution in [3.63, 3.8) is 0 Å². The standard InChI is InChI=1S/C26H31FN4O2S/c1-17(24(32)28-21-13-9-19(10-14-21)26(2,3)4)34-25-30-29-23(18-7-11-20(27)12-8-18)31(25)16-22-6-5-15-33-22/h7-14,17,22H,5-6,15-16H2,1-4H3,(H,28,32). The first kappa shape index (κ1) is 24.4. The monoisotopic (exact) mass is 482 g/mol. The zero-order valence-corrected chi connectivity index (χ0v) is 20.9. The number of hydrogen-bond donors (Lipinski definition) is 1. The van der Waals surface area contributed by atoms with Crippen molar-refractivity contribution >= 4 is 23.4 Å². The summed E-state index contributed by atoms with van der Waals surface area (Å²) in [7, 11) is 0. The Hall–Kier alpha value is -2.71. The number of amides is 1. The maximum atomic E-state index is 13.4. The lowest BCUT2D eigenvalue weighted by Gasteiger charge is -2.19. The Morgan fingerprint density at radius 3 is 2.50 bits per heavy atom. The van der Waals surface area contributed by atoms with Gasteiger partial charge in [0, 0.05) is 17.9 Å². The molecular formula is C26H31FN4O2S. The topological polar surface area (TPSA) is 69.0 Å². The molecule has 1 saturated heterocycles. The van der Waals surface area contributed by atoms with E-state index in [0.29, 0.717) is 17.5 Å². The summed E-state index contributed by atoms with van der Waals surface area (Å²) in [6, 6.07) is 14.2. The predicted octanol–water partition coefficient (Wildman–Crippen LogP) is 5.68. The van der Waals surface area contributed by atoms with Crippen LogP contribution in [-0.4, -0.2) is 38.6 Å². The molecule has 1 fully saturated rings. The van der Waals surface area contributed by atoms with Gasteiger partial charge in [-0.1, -0.05) is 44.7 Å². The third kappa shape index (κ3) is 5.85. The molecule has 2 aromatic carbocycles. The SMILES string of the molecule is CC(Sc1nnc(-c2ccc(F)cc2)n1CC1CCCO1)C(=O)Nc1ccc(C(C)(C)C)cc1. The van der Waals surface area contributed by atoms with Crippen LogP contribution >= 0.6 is 11.8 Å². The molecule has 8 heteroatoms. The summed E-state index contributed by atoms with van der Waals surface area (Å²) in [6.45, 7) is 9.66. The summed E-state index contributed by atoms with van der Waals surface area (Å²) in [4.78, 5) is 12.9. The minimum Gasteiger partial charge on any atom is -0.376 e. The van der Waals surface area contributed by atoms with E-state index >= 15 is 0 Å². The molecule has 0 saturated carbocycles. The van der Waals surface area contributed by atoms with Crippen molar-refractivity contribution in [2.24, 2.45) is 0 Å². The molecule has 2 unspecified atom stereocenters. The van der Waals surface area contributed by atoms with Crippen LogP contribution in [0.3, 0.4) is 0 Å². The lowest BCUT2D eigenvalue weighted by molar-refractivity contribution is -0.115. The number of nitrogens with one attached hydrogen (secondary N) is 1. The van der Waals surface area contributed by atoms with Crippen LogP contribution in [-0.2, 0) is 21.5 Å². The number of thioether (sulfide) groups is 1. The lowest BCUT2D eigenvalue weighted by Crippen LogP contribution is -2.24. The summed E-state index contributed by atoms with van der Waals surface area (Å²) in [6.07, 6.45) is 2.06. The molecule has 6 nitrogen and oxygen atoms in total. The maximum Gasteiger partial charge on any atom is 0.237 e. The molecular weight excluding hydrogens is 451 g/mol. The molecule has 3 aromatic rings. The molecule has 180 valence electrons. The van der Waals surface area contributed by atoms with Crippen LogP contribution < -0.4 is 5.32 Å². The van der Waals surface area contributed by atoms with Crippen LogP contribution in [0.5, 0.6) is 0 Å². The Bertz CT molecular complexity index is 1120. The number of nitrogens with zero attached hydrogens (tertiary/aromatic N) is 3. The van der Waals surface area contributed by atoms with E-state index in [-0.39, 0.29) is 23.2 Å². The van der Waals surface area contributed by atoms with Crippen LogP contribution in [0.4, 0.5) is 10.1 Å². The Morgan fingerprint density at radius 2 is 1.88 bits per heavy atom. The van der Waals surface area contributed by atoms with Crippen molar-refractivity contribution in [1.29, 1.82) is 0 Å². The normalized spacial score (nSPS) is 17.0. The van der Waals surface area contributed by atoms with Gasteiger partial charge in [0.2, 0.25) is 5.91 Å². The van der Waals surface area contributed by atoms with Gasteiger partial charge >= 0.3 is 0 Å². The Balaban J connectivity index is 1.50. The first-order valence-corrected chi connectivity index (χ1v) is 12.5. The van der Waals surface area contributed by atoms with Gasteiger partial charge in [-0.15, -0.1) is 10.2 Å². The number of ether oxygens (including phenoxy) is 1. The highest BCUT2D eigenvalue weighted by Gasteiger charge is 2.25. The number of aromatic nitrogens is 3. The minimum atomic E-state index is -0.393. The molecule has 0 spiro atoms. The Kier molecular flexibility index (Phi) is 7.38. The number of rotatable bonds is 7. The number of carbonyl (C=O) groups excluding carboxylic acids is 1. The number of hydrogen-bond acceptors (Lipinski definition) is 5. The fourth-order valence-corrected chi connectivity index (χ4v) is 4.71. The second-order valence-corrected chi connectivity index (χ2v) is 10.9. The lowest BCUT2D eigenvalue weighted by atomic mass is 9.87. The highest BCUT2D eigenvalue weighted by molar-refractivity contribution is 8.00. The van der Waals surface area contributed by atoms with E-state index in [1.54, 1.807) is 12.1 Å². The number of halogens is 1. The van der Waals surface area contributed by atoms with Gasteiger partial charge in [-0.25, -0.2) is 4.39 Å². The molecule has 1 aliphatic heterocycles. The van der Waals surface area contributed by atoms with E-state index in [2.05, 4.69) is 36.3 Å². The summed E-state index contributed by atoms with van der Waals surface area (Å²) < 4.78 is 21.3. The third-order valence-corrected chi connectivity index (χ3v) is 6.98. The smallest absolute Gasteiger partial charge is 0.237 e. The van der Waals surface area contributed by atoms with E-state index in [0.717, 1.165) is 30.7 Å². The quantitative estimate of drug-likeness (QED) is 0.439. The Labute approximate surface area is 204 Å². The van der Waals surface area contributed by atoms with Crippen molar-refractivity contribution in [2.75, 3.05) is 11.9 Å². The number of benzene rings is 2. The zero-order valence-electron chi connectivity index (χ0n) is 20.0. The van der Waals surface area contributed by atoms with E-state index in [1.807, 2.05) is 35.8 Å². The largest absolute Gasteiger partial charge is 0.376 e. The van der Waals surface area contributed by atoms with Crippen LogP contribution in [0.15, 0.2) is 53.7 Å². The van der Waals surface area contributed by atoms with Gasteiger partial charge in [-0.05, 0) is 67.1 Å². The molecule has 1 amide bonds. The van der Waals surface area contributed by atoms with Crippen molar-refractivity contribution in [2.45, 2.75) is 69.0 Å². The molecule has 1 aliphatic rings. The second-order valence-electron chi connectivity index (χ2n) is 9.64. The first-order valence-electron chi connectivity index (χ1n) is 11.6. The number of carbonyl (C=O) groups is 1. The molecule has 34 heavy (non-hydrogen) atoms. The van der Waals surface area contributed by atoms with Crippen LogP contribution in [0.2, 0.25) is 0 Å². The van der Waals surface area contributed by atoms with Gasteiger partial charge in [-0.2, -0.15) is 0 Å². The van der Waals surface area contributed by atoms with Gasteiger partial charge in [0.15, 0.2) is 11.0 Å². The molecule has 0 aliphatic carbocycles. The summed E-state index contributed by atoms with van der Waals surface area (Å²) in [5.74, 6) is 0.233. The molecule has 2 heterocycles. The zero-order chi connectivity index (χ0) is 24.3. The Morgan fingerprint density at radius 1 is 1.18 bits per heavy atom. The summed E-state index contributed by atoms with van der Waals surface area (Å²) in [5.41, 5.74) is 2.80. The van der Waals surface area contributed by atoms with Crippen molar-refractivity contribution < 1.29 is 13.9 Å². The van der Waals surface area contributed by atoms with Gasteiger partial charge in [-0.3, -0.25) is 9.36 Å². The van der Waals surface area contributed by atoms with Gasteiger partial charge in [0.25, 0.3) is 0 Å². The highest BCUT2D eigenvalue weighted by Crippen LogP contribution is 2.30. The van der Waals surface area contributed by atoms with Crippen LogP contribution in [0.25, 0.3) is 11.4 Å². The van der Waals surface area contributed by atoms with Crippen molar-refractivity contribution in [3.8, 4) is 11.4 Å². The van der Waals surface area contributed by atoms with Gasteiger partial charge in [0.05, 0.1) is 17.9 Å². The molecule has 4 rings (SSSR count). The summed E-state index contributed by atoms with van der Waals surface area (Å²) in [5, 5.41) is 12.0. The average Bonchev–Trinajstić information content (AvgIpc) is 3.45. The molecule has 1 aromatic heterocycles. The predicted molar refractivity (Wildman–Crippen MR) is 133 cm³/mol. The van der Waals surface area contributed by atoms with Gasteiger partial charge < -0.3 is 10.1 Å². The van der Waals surface area contributed by atoms with Crippen molar-refractivity contribution in [1.82, 2.24) is 14.8 Å². The van der Waals surface area contributed by atoms with Crippen LogP contribution in [0, 0.1) is 5.82 Å².